The molecule has 5 atom stereocenters. The van der Waals surface area contributed by atoms with Crippen molar-refractivity contribution in [3.8, 4) is 0 Å². The predicted molar refractivity (Wildman–Crippen MR) is 48.1 cm³/mol. The maximum absolute atomic E-state index is 10.8. The summed E-state index contributed by atoms with van der Waals surface area (Å²) in [6, 6.07) is 0. The topological polar surface area (TPSA) is 37.3 Å². The molecule has 2 nitrogen and oxygen atoms in total. The second kappa shape index (κ2) is 2.37. The molecular formula is C11H14O2. The van der Waals surface area contributed by atoms with Gasteiger partial charge in [0.05, 0.1) is 5.92 Å². The van der Waals surface area contributed by atoms with Crippen molar-refractivity contribution in [2.24, 2.45) is 29.6 Å². The molecule has 0 heterocycles. The van der Waals surface area contributed by atoms with Crippen LogP contribution in [0.4, 0.5) is 0 Å². The number of carboxylic acid groups (broad SMARTS) is 1. The highest BCUT2D eigenvalue weighted by atomic mass is 16.4. The zero-order chi connectivity index (χ0) is 9.00. The maximum Gasteiger partial charge on any atom is 0.306 e. The molecule has 0 aromatic heterocycles. The van der Waals surface area contributed by atoms with Gasteiger partial charge in [-0.2, -0.15) is 0 Å². The van der Waals surface area contributed by atoms with Crippen molar-refractivity contribution in [2.45, 2.75) is 19.3 Å². The first-order valence-electron chi connectivity index (χ1n) is 5.17. The first kappa shape index (κ1) is 7.60. The molecule has 3 rings (SSSR count). The summed E-state index contributed by atoms with van der Waals surface area (Å²) in [6.45, 7) is 0. The summed E-state index contributed by atoms with van der Waals surface area (Å²) in [6.07, 6.45) is 7.81. The van der Waals surface area contributed by atoms with E-state index in [1.54, 1.807) is 0 Å². The molecule has 1 unspecified atom stereocenters. The Balaban J connectivity index is 1.82. The summed E-state index contributed by atoms with van der Waals surface area (Å²) in [5.41, 5.74) is 0. The lowest BCUT2D eigenvalue weighted by Crippen LogP contribution is -2.12. The number of aliphatic carboxylic acids is 1. The van der Waals surface area contributed by atoms with Gasteiger partial charge in [0.1, 0.15) is 0 Å². The van der Waals surface area contributed by atoms with Gasteiger partial charge >= 0.3 is 5.97 Å². The van der Waals surface area contributed by atoms with Crippen LogP contribution in [0.3, 0.4) is 0 Å². The fourth-order valence-electron chi connectivity index (χ4n) is 3.68. The van der Waals surface area contributed by atoms with Gasteiger partial charge in [0.25, 0.3) is 0 Å². The van der Waals surface area contributed by atoms with Gasteiger partial charge in [-0.3, -0.25) is 4.79 Å². The number of hydrogen-bond acceptors (Lipinski definition) is 1. The lowest BCUT2D eigenvalue weighted by atomic mass is 9.86. The highest BCUT2D eigenvalue weighted by Gasteiger charge is 2.50. The van der Waals surface area contributed by atoms with Gasteiger partial charge < -0.3 is 5.11 Å². The fraction of sp³-hybridized carbons (Fsp3) is 0.727. The van der Waals surface area contributed by atoms with Crippen LogP contribution in [0.5, 0.6) is 0 Å². The molecule has 0 amide bonds. The lowest BCUT2D eigenvalue weighted by molar-refractivity contribution is -0.141. The molecule has 0 spiro atoms. The standard InChI is InChI=1S/C11H14O2/c12-11(13)8-4-9-6-1-2-7(3-6)10(9)5-8/h1-2,6-10H,3-5H2,(H,12,13)/t6-,7-,8?,9-,10+/m0/s1. The minimum atomic E-state index is -0.575. The Hall–Kier alpha value is -0.790. The van der Waals surface area contributed by atoms with E-state index in [4.69, 9.17) is 5.11 Å². The number of hydrogen-bond donors (Lipinski definition) is 1. The van der Waals surface area contributed by atoms with Crippen molar-refractivity contribution in [1.29, 1.82) is 0 Å². The molecule has 2 fully saturated rings. The van der Waals surface area contributed by atoms with Crippen LogP contribution in [-0.4, -0.2) is 11.1 Å². The molecule has 3 aliphatic carbocycles. The Bertz CT molecular complexity index is 262. The molecule has 2 heteroatoms. The highest BCUT2D eigenvalue weighted by molar-refractivity contribution is 5.70. The van der Waals surface area contributed by atoms with Crippen LogP contribution < -0.4 is 0 Å². The third-order valence-corrected chi connectivity index (χ3v) is 4.26. The summed E-state index contributed by atoms with van der Waals surface area (Å²) in [7, 11) is 0. The molecule has 0 aliphatic heterocycles. The molecule has 2 bridgehead atoms. The van der Waals surface area contributed by atoms with E-state index in [0.29, 0.717) is 11.8 Å². The second-order valence-electron chi connectivity index (χ2n) is 4.78. The summed E-state index contributed by atoms with van der Waals surface area (Å²) >= 11 is 0. The normalized spacial score (nSPS) is 51.2. The van der Waals surface area contributed by atoms with E-state index in [9.17, 15) is 4.79 Å². The Morgan fingerprint density at radius 3 is 2.08 bits per heavy atom. The molecule has 1 N–H and O–H groups in total. The van der Waals surface area contributed by atoms with Crippen LogP contribution in [0.1, 0.15) is 19.3 Å². The van der Waals surface area contributed by atoms with Crippen molar-refractivity contribution in [2.75, 3.05) is 0 Å². The fourth-order valence-corrected chi connectivity index (χ4v) is 3.68. The number of allylic oxidation sites excluding steroid dienone is 2. The van der Waals surface area contributed by atoms with E-state index in [2.05, 4.69) is 12.2 Å². The first-order valence-corrected chi connectivity index (χ1v) is 5.17. The van der Waals surface area contributed by atoms with Crippen LogP contribution in [0.25, 0.3) is 0 Å². The van der Waals surface area contributed by atoms with E-state index in [-0.39, 0.29) is 5.92 Å². The molecule has 2 saturated carbocycles. The van der Waals surface area contributed by atoms with E-state index < -0.39 is 5.97 Å². The number of rotatable bonds is 1. The van der Waals surface area contributed by atoms with Crippen molar-refractivity contribution in [1.82, 2.24) is 0 Å². The Kier molecular flexibility index (Phi) is 1.38. The van der Waals surface area contributed by atoms with Crippen LogP contribution in [0.15, 0.2) is 12.2 Å². The number of carbonyl (C=O) groups is 1. The van der Waals surface area contributed by atoms with Crippen LogP contribution in [0, 0.1) is 29.6 Å². The smallest absolute Gasteiger partial charge is 0.306 e. The highest BCUT2D eigenvalue weighted by Crippen LogP contribution is 2.56. The van der Waals surface area contributed by atoms with Crippen molar-refractivity contribution >= 4 is 5.97 Å². The van der Waals surface area contributed by atoms with Gasteiger partial charge in [-0.15, -0.1) is 0 Å². The third-order valence-electron chi connectivity index (χ3n) is 4.26. The Morgan fingerprint density at radius 1 is 1.08 bits per heavy atom. The SMILES string of the molecule is O=C(O)C1C[C@@H]2[C@H](C1)[C@H]1C=C[C@H]2C1. The summed E-state index contributed by atoms with van der Waals surface area (Å²) in [5.74, 6) is 2.24. The van der Waals surface area contributed by atoms with Crippen molar-refractivity contribution < 1.29 is 9.90 Å². The quantitative estimate of drug-likeness (QED) is 0.623. The summed E-state index contributed by atoms with van der Waals surface area (Å²) in [5, 5.41) is 8.94. The molecule has 70 valence electrons. The van der Waals surface area contributed by atoms with E-state index in [0.717, 1.165) is 24.7 Å². The molecule has 0 aromatic rings. The third kappa shape index (κ3) is 0.917. The Morgan fingerprint density at radius 2 is 1.62 bits per heavy atom. The van der Waals surface area contributed by atoms with E-state index in [1.165, 1.54) is 6.42 Å². The van der Waals surface area contributed by atoms with Crippen molar-refractivity contribution in [3.05, 3.63) is 12.2 Å². The summed E-state index contributed by atoms with van der Waals surface area (Å²) < 4.78 is 0. The molecule has 3 aliphatic rings. The van der Waals surface area contributed by atoms with Crippen LogP contribution >= 0.6 is 0 Å². The van der Waals surface area contributed by atoms with Gasteiger partial charge in [0, 0.05) is 0 Å². The largest absolute Gasteiger partial charge is 0.481 e. The van der Waals surface area contributed by atoms with E-state index in [1.807, 2.05) is 0 Å². The van der Waals surface area contributed by atoms with Crippen molar-refractivity contribution in [3.63, 3.8) is 0 Å². The molecular weight excluding hydrogens is 164 g/mol. The number of fused-ring (bicyclic) bond motifs is 5. The molecule has 0 radical (unpaired) electrons. The molecule has 0 saturated heterocycles. The average molecular weight is 178 g/mol. The molecule has 13 heavy (non-hydrogen) atoms. The predicted octanol–water partition coefficient (Wildman–Crippen LogP) is 1.92. The van der Waals surface area contributed by atoms with Gasteiger partial charge in [0.15, 0.2) is 0 Å². The average Bonchev–Trinajstić information content (AvgIpc) is 2.76. The van der Waals surface area contributed by atoms with Crippen LogP contribution in [-0.2, 0) is 4.79 Å². The lowest BCUT2D eigenvalue weighted by Gasteiger charge is -2.18. The minimum Gasteiger partial charge on any atom is -0.481 e. The van der Waals surface area contributed by atoms with Gasteiger partial charge in [0.2, 0.25) is 0 Å². The zero-order valence-electron chi connectivity index (χ0n) is 7.52. The second-order valence-corrected chi connectivity index (χ2v) is 4.78. The van der Waals surface area contributed by atoms with Crippen LogP contribution in [0.2, 0.25) is 0 Å². The van der Waals surface area contributed by atoms with Gasteiger partial charge in [-0.05, 0) is 42.9 Å². The monoisotopic (exact) mass is 178 g/mol. The summed E-state index contributed by atoms with van der Waals surface area (Å²) in [4.78, 5) is 10.8. The van der Waals surface area contributed by atoms with E-state index >= 15 is 0 Å². The van der Waals surface area contributed by atoms with Gasteiger partial charge in [-0.25, -0.2) is 0 Å². The molecule has 0 aromatic carbocycles. The zero-order valence-corrected chi connectivity index (χ0v) is 7.52. The minimum absolute atomic E-state index is 0.0415. The first-order chi connectivity index (χ1) is 6.25. The maximum atomic E-state index is 10.8. The Labute approximate surface area is 77.6 Å². The number of carboxylic acids is 1. The van der Waals surface area contributed by atoms with Gasteiger partial charge in [-0.1, -0.05) is 12.2 Å².